The van der Waals surface area contributed by atoms with Crippen molar-refractivity contribution < 1.29 is 14.3 Å². The lowest BCUT2D eigenvalue weighted by Gasteiger charge is -2.35. The molecule has 1 N–H and O–H groups in total. The molecule has 116 valence electrons. The summed E-state index contributed by atoms with van der Waals surface area (Å²) in [6.45, 7) is 2.71. The van der Waals surface area contributed by atoms with Gasteiger partial charge in [-0.05, 0) is 12.3 Å². The van der Waals surface area contributed by atoms with Crippen LogP contribution < -0.4 is 5.43 Å². The highest BCUT2D eigenvalue weighted by Gasteiger charge is 2.53. The molecule has 0 unspecified atom stereocenters. The van der Waals surface area contributed by atoms with E-state index in [2.05, 4.69) is 10.5 Å². The summed E-state index contributed by atoms with van der Waals surface area (Å²) in [4.78, 5) is 26.5. The zero-order valence-electron chi connectivity index (χ0n) is 12.8. The molecule has 2 aromatic carbocycles. The smallest absolute Gasteiger partial charge is 0.185 e. The molecule has 0 atom stereocenters. The normalized spacial score (nSPS) is 22.2. The summed E-state index contributed by atoms with van der Waals surface area (Å²) in [6.07, 6.45) is 0. The number of hydrazone groups is 1. The Bertz CT molecular complexity index is 819. The Morgan fingerprint density at radius 3 is 2.39 bits per heavy atom. The lowest BCUT2D eigenvalue weighted by atomic mass is 9.66. The van der Waals surface area contributed by atoms with Crippen LogP contribution in [0.15, 0.2) is 41.5 Å². The lowest BCUT2D eigenvalue weighted by Crippen LogP contribution is -2.52. The number of nitrogens with one attached hydrogen (secondary N) is 1. The van der Waals surface area contributed by atoms with Crippen LogP contribution in [0.2, 0.25) is 0 Å². The van der Waals surface area contributed by atoms with Crippen molar-refractivity contribution in [3.63, 3.8) is 0 Å². The summed E-state index contributed by atoms with van der Waals surface area (Å²) >= 11 is 0. The number of carbonyl (C=O) groups excluding carboxylic acids is 2. The Morgan fingerprint density at radius 2 is 1.74 bits per heavy atom. The zero-order chi connectivity index (χ0) is 16.0. The molecule has 0 fully saturated rings. The van der Waals surface area contributed by atoms with Gasteiger partial charge < -0.3 is 10.2 Å². The second kappa shape index (κ2) is 4.99. The molecule has 0 amide bonds. The SMILES string of the molecule is C/C1=N/NCCOCC12C(=O)c1cccc3cccc(c13)C2=O. The average Bonchev–Trinajstić information content (AvgIpc) is 2.56. The number of Topliss-reactive ketones (excluding diaryl/α,β-unsaturated/α-hetero) is 2. The molecular formula is C18H16N2O3. The van der Waals surface area contributed by atoms with Crippen LogP contribution in [0, 0.1) is 5.41 Å². The van der Waals surface area contributed by atoms with Crippen LogP contribution in [0.25, 0.3) is 10.8 Å². The molecule has 0 bridgehead atoms. The Labute approximate surface area is 133 Å². The van der Waals surface area contributed by atoms with E-state index in [1.807, 2.05) is 24.3 Å². The third-order valence-corrected chi connectivity index (χ3v) is 4.71. The van der Waals surface area contributed by atoms with E-state index < -0.39 is 5.41 Å². The standard InChI is InChI=1S/C18H16N2O3/c1-11-18(10-23-9-8-19-20-11)16(21)13-6-2-4-12-5-3-7-14(15(12)13)17(18)22/h2-7,19H,8-10H2,1H3/b20-11-. The van der Waals surface area contributed by atoms with Crippen LogP contribution in [-0.4, -0.2) is 37.0 Å². The molecule has 2 aliphatic rings. The molecule has 0 radical (unpaired) electrons. The first-order chi connectivity index (χ1) is 11.2. The molecule has 4 rings (SSSR count). The van der Waals surface area contributed by atoms with E-state index >= 15 is 0 Å². The van der Waals surface area contributed by atoms with Gasteiger partial charge in [0.2, 0.25) is 0 Å². The van der Waals surface area contributed by atoms with Gasteiger partial charge in [-0.3, -0.25) is 9.59 Å². The molecule has 1 aliphatic carbocycles. The molecular weight excluding hydrogens is 292 g/mol. The van der Waals surface area contributed by atoms with Crippen LogP contribution in [0.1, 0.15) is 27.6 Å². The van der Waals surface area contributed by atoms with Gasteiger partial charge in [0.25, 0.3) is 0 Å². The van der Waals surface area contributed by atoms with Crippen LogP contribution in [0.4, 0.5) is 0 Å². The summed E-state index contributed by atoms with van der Waals surface area (Å²) in [5.74, 6) is -0.450. The lowest BCUT2D eigenvalue weighted by molar-refractivity contribution is 0.0479. The van der Waals surface area contributed by atoms with Crippen molar-refractivity contribution in [2.75, 3.05) is 19.8 Å². The Hall–Kier alpha value is -2.53. The molecule has 1 heterocycles. The van der Waals surface area contributed by atoms with Gasteiger partial charge in [-0.25, -0.2) is 0 Å². The van der Waals surface area contributed by atoms with Gasteiger partial charge in [0.15, 0.2) is 17.0 Å². The molecule has 0 saturated carbocycles. The highest BCUT2D eigenvalue weighted by molar-refractivity contribution is 6.40. The predicted molar refractivity (Wildman–Crippen MR) is 87.0 cm³/mol. The second-order valence-corrected chi connectivity index (χ2v) is 5.93. The van der Waals surface area contributed by atoms with Gasteiger partial charge in [-0.15, -0.1) is 0 Å². The van der Waals surface area contributed by atoms with Crippen LogP contribution in [-0.2, 0) is 4.74 Å². The molecule has 5 heteroatoms. The summed E-state index contributed by atoms with van der Waals surface area (Å²) in [7, 11) is 0. The highest BCUT2D eigenvalue weighted by Crippen LogP contribution is 2.40. The largest absolute Gasteiger partial charge is 0.378 e. The van der Waals surface area contributed by atoms with Crippen molar-refractivity contribution >= 4 is 28.1 Å². The van der Waals surface area contributed by atoms with Gasteiger partial charge in [0, 0.05) is 16.5 Å². The second-order valence-electron chi connectivity index (χ2n) is 5.93. The van der Waals surface area contributed by atoms with E-state index in [9.17, 15) is 9.59 Å². The summed E-state index contributed by atoms with van der Waals surface area (Å²) < 4.78 is 5.60. The van der Waals surface area contributed by atoms with Gasteiger partial charge >= 0.3 is 0 Å². The minimum absolute atomic E-state index is 0.0341. The fraction of sp³-hybridized carbons (Fsp3) is 0.278. The van der Waals surface area contributed by atoms with Crippen LogP contribution in [0.5, 0.6) is 0 Å². The first-order valence-corrected chi connectivity index (χ1v) is 7.63. The molecule has 1 aliphatic heterocycles. The van der Waals surface area contributed by atoms with Crippen molar-refractivity contribution in [1.29, 1.82) is 0 Å². The van der Waals surface area contributed by atoms with Gasteiger partial charge in [-0.1, -0.05) is 36.4 Å². The number of ketones is 2. The predicted octanol–water partition coefficient (Wildman–Crippen LogP) is 2.20. The number of rotatable bonds is 0. The highest BCUT2D eigenvalue weighted by atomic mass is 16.5. The third-order valence-electron chi connectivity index (χ3n) is 4.71. The van der Waals surface area contributed by atoms with Gasteiger partial charge in [0.1, 0.15) is 0 Å². The quantitative estimate of drug-likeness (QED) is 0.758. The first-order valence-electron chi connectivity index (χ1n) is 7.63. The van der Waals surface area contributed by atoms with E-state index in [-0.39, 0.29) is 18.2 Å². The van der Waals surface area contributed by atoms with Crippen molar-refractivity contribution in [3.8, 4) is 0 Å². The summed E-state index contributed by atoms with van der Waals surface area (Å²) in [6, 6.07) is 11.1. The minimum atomic E-state index is -1.37. The number of ether oxygens (including phenoxy) is 1. The summed E-state index contributed by atoms with van der Waals surface area (Å²) in [5, 5.41) is 5.88. The minimum Gasteiger partial charge on any atom is -0.378 e. The molecule has 23 heavy (non-hydrogen) atoms. The zero-order valence-corrected chi connectivity index (χ0v) is 12.8. The molecule has 1 spiro atoms. The number of carbonyl (C=O) groups is 2. The van der Waals surface area contributed by atoms with E-state index in [1.54, 1.807) is 19.1 Å². The number of hydrogen-bond acceptors (Lipinski definition) is 5. The number of nitrogens with zero attached hydrogens (tertiary/aromatic N) is 1. The van der Waals surface area contributed by atoms with Crippen molar-refractivity contribution in [2.24, 2.45) is 10.5 Å². The van der Waals surface area contributed by atoms with Gasteiger partial charge in [-0.2, -0.15) is 5.10 Å². The fourth-order valence-corrected chi connectivity index (χ4v) is 3.46. The van der Waals surface area contributed by atoms with Crippen molar-refractivity contribution in [2.45, 2.75) is 6.92 Å². The maximum absolute atomic E-state index is 13.3. The maximum atomic E-state index is 13.3. The van der Waals surface area contributed by atoms with Crippen LogP contribution in [0.3, 0.4) is 0 Å². The molecule has 2 aromatic rings. The van der Waals surface area contributed by atoms with Crippen molar-refractivity contribution in [1.82, 2.24) is 5.43 Å². The Balaban J connectivity index is 2.04. The van der Waals surface area contributed by atoms with Crippen molar-refractivity contribution in [3.05, 3.63) is 47.5 Å². The monoisotopic (exact) mass is 308 g/mol. The topological polar surface area (TPSA) is 67.8 Å². The number of hydrogen-bond donors (Lipinski definition) is 1. The molecule has 0 aromatic heterocycles. The molecule has 5 nitrogen and oxygen atoms in total. The Kier molecular flexibility index (Phi) is 3.06. The van der Waals surface area contributed by atoms with E-state index in [0.717, 1.165) is 10.8 Å². The van der Waals surface area contributed by atoms with E-state index in [4.69, 9.17) is 4.74 Å². The molecule has 0 saturated heterocycles. The van der Waals surface area contributed by atoms with E-state index in [1.165, 1.54) is 0 Å². The summed E-state index contributed by atoms with van der Waals surface area (Å²) in [5.41, 5.74) is 3.08. The maximum Gasteiger partial charge on any atom is 0.185 e. The number of benzene rings is 2. The average molecular weight is 308 g/mol. The van der Waals surface area contributed by atoms with E-state index in [0.29, 0.717) is 30.0 Å². The van der Waals surface area contributed by atoms with Gasteiger partial charge in [0.05, 0.1) is 25.5 Å². The van der Waals surface area contributed by atoms with Crippen LogP contribution >= 0.6 is 0 Å². The third kappa shape index (κ3) is 1.80. The Morgan fingerprint density at radius 1 is 1.09 bits per heavy atom. The first kappa shape index (κ1) is 14.1. The fourth-order valence-electron chi connectivity index (χ4n) is 3.46.